The Kier molecular flexibility index (Phi) is 6.16. The number of hydrogen-bond donors (Lipinski definition) is 0. The summed E-state index contributed by atoms with van der Waals surface area (Å²) < 4.78 is 13.1. The van der Waals surface area contributed by atoms with Crippen LogP contribution in [0.4, 0.5) is 4.39 Å². The predicted octanol–water partition coefficient (Wildman–Crippen LogP) is 2.31. The van der Waals surface area contributed by atoms with E-state index in [0.717, 1.165) is 11.3 Å². The van der Waals surface area contributed by atoms with Gasteiger partial charge in [0.15, 0.2) is 0 Å². The molecule has 0 radical (unpaired) electrons. The third kappa shape index (κ3) is 5.36. The molecular weight excluding hydrogens is 345 g/mol. The topological polar surface area (TPSA) is 53.5 Å². The Hall–Kier alpha value is -2.76. The van der Waals surface area contributed by atoms with Crippen LogP contribution in [-0.2, 0) is 22.4 Å². The number of carbonyl (C=O) groups is 2. The fourth-order valence-corrected chi connectivity index (χ4v) is 3.45. The Bertz CT molecular complexity index is 780. The molecule has 2 aromatic rings. The van der Waals surface area contributed by atoms with Gasteiger partial charge in [0.2, 0.25) is 11.8 Å². The summed E-state index contributed by atoms with van der Waals surface area (Å²) in [4.78, 5) is 32.7. The lowest BCUT2D eigenvalue weighted by Gasteiger charge is -2.24. The minimum absolute atomic E-state index is 0.00182. The van der Waals surface area contributed by atoms with Gasteiger partial charge < -0.3 is 9.80 Å². The van der Waals surface area contributed by atoms with Gasteiger partial charge in [-0.3, -0.25) is 14.6 Å². The third-order valence-corrected chi connectivity index (χ3v) is 4.89. The molecule has 1 aromatic heterocycles. The van der Waals surface area contributed by atoms with E-state index in [0.29, 0.717) is 32.6 Å². The fraction of sp³-hybridized carbons (Fsp3) is 0.381. The van der Waals surface area contributed by atoms with Crippen molar-refractivity contribution in [3.05, 3.63) is 65.7 Å². The molecule has 1 aliphatic rings. The molecule has 0 N–H and O–H groups in total. The molecule has 5 nitrogen and oxygen atoms in total. The number of nitrogens with zero attached hydrogens (tertiary/aromatic N) is 3. The molecule has 0 unspecified atom stereocenters. The molecule has 2 heterocycles. The maximum atomic E-state index is 13.1. The summed E-state index contributed by atoms with van der Waals surface area (Å²) in [7, 11) is 0. The second-order valence-corrected chi connectivity index (χ2v) is 7.00. The van der Waals surface area contributed by atoms with E-state index in [-0.39, 0.29) is 30.0 Å². The SMILES string of the molecule is CC(=O)N1CCN(C(=O)Cc2ccc(F)cc2)C[C@@H](Cc2ccccn2)C1. The van der Waals surface area contributed by atoms with Gasteiger partial charge in [-0.1, -0.05) is 18.2 Å². The maximum absolute atomic E-state index is 13.1. The number of aromatic nitrogens is 1. The van der Waals surface area contributed by atoms with Crippen LogP contribution in [0.25, 0.3) is 0 Å². The van der Waals surface area contributed by atoms with Crippen LogP contribution in [0.3, 0.4) is 0 Å². The smallest absolute Gasteiger partial charge is 0.227 e. The van der Waals surface area contributed by atoms with Crippen molar-refractivity contribution in [1.29, 1.82) is 0 Å². The molecule has 0 spiro atoms. The number of carbonyl (C=O) groups excluding carboxylic acids is 2. The van der Waals surface area contributed by atoms with Crippen molar-refractivity contribution < 1.29 is 14.0 Å². The Morgan fingerprint density at radius 1 is 1.07 bits per heavy atom. The van der Waals surface area contributed by atoms with Gasteiger partial charge in [0.05, 0.1) is 6.42 Å². The molecule has 1 atom stereocenters. The Morgan fingerprint density at radius 2 is 1.78 bits per heavy atom. The quantitative estimate of drug-likeness (QED) is 0.831. The van der Waals surface area contributed by atoms with Gasteiger partial charge in [-0.05, 0) is 42.2 Å². The molecule has 1 aromatic carbocycles. The lowest BCUT2D eigenvalue weighted by Crippen LogP contribution is -2.37. The Balaban J connectivity index is 1.71. The number of hydrogen-bond acceptors (Lipinski definition) is 3. The zero-order chi connectivity index (χ0) is 19.2. The van der Waals surface area contributed by atoms with Crippen molar-refractivity contribution in [3.63, 3.8) is 0 Å². The number of rotatable bonds is 4. The van der Waals surface area contributed by atoms with Gasteiger partial charge in [0.1, 0.15) is 5.82 Å². The summed E-state index contributed by atoms with van der Waals surface area (Å²) >= 11 is 0. The molecule has 1 fully saturated rings. The van der Waals surface area contributed by atoms with Gasteiger partial charge in [-0.15, -0.1) is 0 Å². The highest BCUT2D eigenvalue weighted by Crippen LogP contribution is 2.16. The molecule has 1 aliphatic heterocycles. The van der Waals surface area contributed by atoms with E-state index in [2.05, 4.69) is 4.98 Å². The van der Waals surface area contributed by atoms with Crippen molar-refractivity contribution >= 4 is 11.8 Å². The highest BCUT2D eigenvalue weighted by atomic mass is 19.1. The number of amides is 2. The number of pyridine rings is 1. The van der Waals surface area contributed by atoms with E-state index in [9.17, 15) is 14.0 Å². The van der Waals surface area contributed by atoms with E-state index in [1.165, 1.54) is 12.1 Å². The molecule has 142 valence electrons. The van der Waals surface area contributed by atoms with E-state index in [4.69, 9.17) is 0 Å². The minimum Gasteiger partial charge on any atom is -0.341 e. The van der Waals surface area contributed by atoms with Gasteiger partial charge in [-0.25, -0.2) is 4.39 Å². The lowest BCUT2D eigenvalue weighted by molar-refractivity contribution is -0.132. The van der Waals surface area contributed by atoms with Crippen LogP contribution in [0, 0.1) is 11.7 Å². The van der Waals surface area contributed by atoms with E-state index >= 15 is 0 Å². The first kappa shape index (κ1) is 19.0. The van der Waals surface area contributed by atoms with E-state index in [1.807, 2.05) is 23.1 Å². The highest BCUT2D eigenvalue weighted by Gasteiger charge is 2.27. The molecule has 0 saturated carbocycles. The second kappa shape index (κ2) is 8.75. The van der Waals surface area contributed by atoms with Crippen LogP contribution >= 0.6 is 0 Å². The lowest BCUT2D eigenvalue weighted by atomic mass is 10.0. The second-order valence-electron chi connectivity index (χ2n) is 7.00. The normalized spacial score (nSPS) is 17.5. The summed E-state index contributed by atoms with van der Waals surface area (Å²) in [6, 6.07) is 11.8. The average Bonchev–Trinajstić information content (AvgIpc) is 2.87. The van der Waals surface area contributed by atoms with Crippen LogP contribution in [0.2, 0.25) is 0 Å². The fourth-order valence-electron chi connectivity index (χ4n) is 3.45. The Labute approximate surface area is 158 Å². The summed E-state index contributed by atoms with van der Waals surface area (Å²) in [6.45, 7) is 3.81. The largest absolute Gasteiger partial charge is 0.341 e. The van der Waals surface area contributed by atoms with Crippen LogP contribution in [0.1, 0.15) is 18.2 Å². The first-order chi connectivity index (χ1) is 13.0. The molecule has 3 rings (SSSR count). The maximum Gasteiger partial charge on any atom is 0.227 e. The van der Waals surface area contributed by atoms with Crippen molar-refractivity contribution in [3.8, 4) is 0 Å². The zero-order valence-electron chi connectivity index (χ0n) is 15.5. The highest BCUT2D eigenvalue weighted by molar-refractivity contribution is 5.79. The third-order valence-electron chi connectivity index (χ3n) is 4.89. The molecule has 0 aliphatic carbocycles. The van der Waals surface area contributed by atoms with Crippen molar-refractivity contribution in [1.82, 2.24) is 14.8 Å². The van der Waals surface area contributed by atoms with Crippen LogP contribution in [-0.4, -0.2) is 52.8 Å². The average molecular weight is 369 g/mol. The summed E-state index contributed by atoms with van der Waals surface area (Å²) in [5.41, 5.74) is 1.74. The molecule has 6 heteroatoms. The first-order valence-corrected chi connectivity index (χ1v) is 9.19. The summed E-state index contributed by atoms with van der Waals surface area (Å²) in [5, 5.41) is 0. The minimum atomic E-state index is -0.312. The molecule has 27 heavy (non-hydrogen) atoms. The van der Waals surface area contributed by atoms with Crippen LogP contribution < -0.4 is 0 Å². The van der Waals surface area contributed by atoms with Crippen LogP contribution in [0.15, 0.2) is 48.7 Å². The number of halogens is 1. The van der Waals surface area contributed by atoms with Crippen molar-refractivity contribution in [2.75, 3.05) is 26.2 Å². The molecule has 2 amide bonds. The van der Waals surface area contributed by atoms with E-state index in [1.54, 1.807) is 30.2 Å². The van der Waals surface area contributed by atoms with Gasteiger partial charge in [0.25, 0.3) is 0 Å². The summed E-state index contributed by atoms with van der Waals surface area (Å²) in [5.74, 6) is -0.163. The van der Waals surface area contributed by atoms with Gasteiger partial charge in [0, 0.05) is 45.0 Å². The van der Waals surface area contributed by atoms with E-state index < -0.39 is 0 Å². The van der Waals surface area contributed by atoms with Crippen LogP contribution in [0.5, 0.6) is 0 Å². The Morgan fingerprint density at radius 3 is 2.44 bits per heavy atom. The molecular formula is C21H24FN3O2. The zero-order valence-corrected chi connectivity index (χ0v) is 15.5. The van der Waals surface area contributed by atoms with Crippen molar-refractivity contribution in [2.45, 2.75) is 19.8 Å². The van der Waals surface area contributed by atoms with Gasteiger partial charge in [-0.2, -0.15) is 0 Å². The summed E-state index contributed by atoms with van der Waals surface area (Å²) in [6.07, 6.45) is 2.70. The van der Waals surface area contributed by atoms with Crippen molar-refractivity contribution in [2.24, 2.45) is 5.92 Å². The molecule has 1 saturated heterocycles. The van der Waals surface area contributed by atoms with Gasteiger partial charge >= 0.3 is 0 Å². The first-order valence-electron chi connectivity index (χ1n) is 9.19. The molecule has 0 bridgehead atoms. The monoisotopic (exact) mass is 369 g/mol. The predicted molar refractivity (Wildman–Crippen MR) is 100 cm³/mol. The number of benzene rings is 1. The standard InChI is InChI=1S/C21H24FN3O2/c1-16(26)24-10-11-25(21(27)13-17-5-7-19(22)8-6-17)15-18(14-24)12-20-4-2-3-9-23-20/h2-9,18H,10-15H2,1H3/t18-/m0/s1.